The van der Waals surface area contributed by atoms with E-state index in [2.05, 4.69) is 21.1 Å². The van der Waals surface area contributed by atoms with Gasteiger partial charge in [0.25, 0.3) is 0 Å². The Kier molecular flexibility index (Phi) is 6.51. The number of hydrazone groups is 2. The monoisotopic (exact) mass is 466 g/mol. The van der Waals surface area contributed by atoms with Crippen molar-refractivity contribution in [1.29, 1.82) is 0 Å². The highest BCUT2D eigenvalue weighted by Gasteiger charge is 2.47. The first-order valence-electron chi connectivity index (χ1n) is 14.3. The van der Waals surface area contributed by atoms with Crippen LogP contribution >= 0.6 is 0 Å². The van der Waals surface area contributed by atoms with Gasteiger partial charge in [-0.15, -0.1) is 0 Å². The van der Waals surface area contributed by atoms with Crippen molar-refractivity contribution >= 4 is 23.2 Å². The van der Waals surface area contributed by atoms with Gasteiger partial charge >= 0.3 is 0 Å². The molecule has 0 aromatic heterocycles. The van der Waals surface area contributed by atoms with Gasteiger partial charge in [0.2, 0.25) is 11.8 Å². The van der Waals surface area contributed by atoms with Crippen LogP contribution in [0.1, 0.15) is 103 Å². The number of carbonyl (C=O) groups excluding carboxylic acids is 2. The molecule has 8 rings (SSSR count). The Morgan fingerprint density at radius 1 is 0.529 bits per heavy atom. The maximum absolute atomic E-state index is 12.3. The third kappa shape index (κ3) is 4.83. The van der Waals surface area contributed by atoms with Crippen LogP contribution in [0.5, 0.6) is 0 Å². The molecule has 34 heavy (non-hydrogen) atoms. The van der Waals surface area contributed by atoms with Crippen LogP contribution in [0.25, 0.3) is 0 Å². The van der Waals surface area contributed by atoms with Gasteiger partial charge < -0.3 is 0 Å². The zero-order chi connectivity index (χ0) is 23.1. The highest BCUT2D eigenvalue weighted by Crippen LogP contribution is 2.53. The van der Waals surface area contributed by atoms with Crippen molar-refractivity contribution < 1.29 is 9.59 Å². The van der Waals surface area contributed by atoms with Crippen molar-refractivity contribution in [1.82, 2.24) is 10.9 Å². The first-order chi connectivity index (χ1) is 16.6. The Hall–Kier alpha value is -1.72. The van der Waals surface area contributed by atoms with Gasteiger partial charge in [-0.1, -0.05) is 12.8 Å². The number of nitrogens with one attached hydrogen (secondary N) is 2. The number of amides is 2. The van der Waals surface area contributed by atoms with Crippen molar-refractivity contribution in [3.8, 4) is 0 Å². The van der Waals surface area contributed by atoms with Crippen LogP contribution in [-0.2, 0) is 9.59 Å². The average molecular weight is 467 g/mol. The van der Waals surface area contributed by atoms with Gasteiger partial charge in [-0.3, -0.25) is 9.59 Å². The van der Waals surface area contributed by atoms with Crippen molar-refractivity contribution in [2.75, 3.05) is 0 Å². The smallest absolute Gasteiger partial charge is 0.240 e. The lowest BCUT2D eigenvalue weighted by Crippen LogP contribution is -2.46. The Morgan fingerprint density at radius 2 is 0.853 bits per heavy atom. The zero-order valence-electron chi connectivity index (χ0n) is 20.6. The van der Waals surface area contributed by atoms with Crippen LogP contribution in [0, 0.1) is 47.3 Å². The normalized spacial score (nSPS) is 38.8. The number of hydrogen-bond donors (Lipinski definition) is 2. The second-order valence-electron chi connectivity index (χ2n) is 12.7. The van der Waals surface area contributed by atoms with E-state index < -0.39 is 0 Å². The zero-order valence-corrected chi connectivity index (χ0v) is 20.6. The number of carbonyl (C=O) groups is 2. The predicted octanol–water partition coefficient (Wildman–Crippen LogP) is 5.18. The number of unbranched alkanes of at least 4 members (excludes halogenated alkanes) is 3. The summed E-state index contributed by atoms with van der Waals surface area (Å²) in [6.07, 6.45) is 18.0. The maximum Gasteiger partial charge on any atom is 0.240 e. The second kappa shape index (κ2) is 9.73. The van der Waals surface area contributed by atoms with Gasteiger partial charge in [0, 0.05) is 24.3 Å². The molecule has 8 saturated carbocycles. The average Bonchev–Trinajstić information content (AvgIpc) is 2.79. The summed E-state index contributed by atoms with van der Waals surface area (Å²) >= 11 is 0. The lowest BCUT2D eigenvalue weighted by Gasteiger charge is -2.50. The van der Waals surface area contributed by atoms with Crippen LogP contribution < -0.4 is 10.9 Å². The fourth-order valence-corrected chi connectivity index (χ4v) is 8.99. The molecule has 8 fully saturated rings. The molecule has 8 aliphatic carbocycles. The lowest BCUT2D eigenvalue weighted by molar-refractivity contribution is -0.122. The van der Waals surface area contributed by atoms with Crippen molar-refractivity contribution in [3.05, 3.63) is 0 Å². The molecule has 0 aliphatic heterocycles. The molecule has 0 atom stereocenters. The maximum atomic E-state index is 12.3. The minimum absolute atomic E-state index is 0.0468. The van der Waals surface area contributed by atoms with Gasteiger partial charge in [0.05, 0.1) is 0 Å². The molecule has 0 aromatic rings. The van der Waals surface area contributed by atoms with E-state index >= 15 is 0 Å². The molecule has 2 N–H and O–H groups in total. The van der Waals surface area contributed by atoms with E-state index in [4.69, 9.17) is 0 Å². The van der Waals surface area contributed by atoms with E-state index in [9.17, 15) is 9.59 Å². The van der Waals surface area contributed by atoms with Gasteiger partial charge in [0.1, 0.15) is 0 Å². The first kappa shape index (κ1) is 22.7. The molecule has 0 heterocycles. The van der Waals surface area contributed by atoms with Crippen molar-refractivity contribution in [2.24, 2.45) is 57.5 Å². The Balaban J connectivity index is 0.843. The van der Waals surface area contributed by atoms with Crippen LogP contribution in [0.2, 0.25) is 0 Å². The summed E-state index contributed by atoms with van der Waals surface area (Å²) in [4.78, 5) is 24.5. The van der Waals surface area contributed by atoms with E-state index in [0.717, 1.165) is 49.4 Å². The van der Waals surface area contributed by atoms with E-state index in [1.165, 1.54) is 75.6 Å². The highest BCUT2D eigenvalue weighted by atomic mass is 16.2. The minimum Gasteiger partial charge on any atom is -0.273 e. The number of hydrogen-bond acceptors (Lipinski definition) is 4. The fourth-order valence-electron chi connectivity index (χ4n) is 8.99. The first-order valence-corrected chi connectivity index (χ1v) is 14.3. The summed E-state index contributed by atoms with van der Waals surface area (Å²) in [7, 11) is 0. The Labute approximate surface area is 204 Å². The molecule has 0 saturated heterocycles. The lowest BCUT2D eigenvalue weighted by atomic mass is 9.55. The standard InChI is InChI=1S/C28H42N4O2/c33-25(29-31-27-21-9-17-7-18(11-21)12-22(27)10-17)5-3-1-2-4-6-26(34)30-32-28-23-13-19-8-20(15-23)16-24(28)14-19/h17-24H,1-16H2,(H,29,33)(H,30,34). The largest absolute Gasteiger partial charge is 0.273 e. The van der Waals surface area contributed by atoms with Gasteiger partial charge in [-0.2, -0.15) is 10.2 Å². The van der Waals surface area contributed by atoms with Crippen molar-refractivity contribution in [3.63, 3.8) is 0 Å². The van der Waals surface area contributed by atoms with Gasteiger partial charge in [-0.05, 0) is 124 Å². The Bertz CT molecular complexity index is 732. The van der Waals surface area contributed by atoms with Crippen LogP contribution in [0.15, 0.2) is 10.2 Å². The summed E-state index contributed by atoms with van der Waals surface area (Å²) in [6.45, 7) is 0. The molecular formula is C28H42N4O2. The van der Waals surface area contributed by atoms with Gasteiger partial charge in [0.15, 0.2) is 0 Å². The second-order valence-corrected chi connectivity index (χ2v) is 12.7. The van der Waals surface area contributed by atoms with E-state index in [-0.39, 0.29) is 11.8 Å². The predicted molar refractivity (Wildman–Crippen MR) is 133 cm³/mol. The SMILES string of the molecule is O=C(CCCCCCC(=O)NN=C1C2CC3CC(C2)CC1C3)NN=C1C2CC3CC(C2)CC1C3. The van der Waals surface area contributed by atoms with E-state index in [1.807, 2.05) is 0 Å². The Morgan fingerprint density at radius 3 is 1.18 bits per heavy atom. The summed E-state index contributed by atoms with van der Waals surface area (Å²) in [5, 5.41) is 9.20. The highest BCUT2D eigenvalue weighted by molar-refractivity contribution is 5.92. The molecule has 0 aromatic carbocycles. The van der Waals surface area contributed by atoms with E-state index in [0.29, 0.717) is 36.5 Å². The molecule has 186 valence electrons. The molecule has 2 amide bonds. The molecule has 0 unspecified atom stereocenters. The molecule has 6 nitrogen and oxygen atoms in total. The van der Waals surface area contributed by atoms with Crippen LogP contribution in [-0.4, -0.2) is 23.2 Å². The van der Waals surface area contributed by atoms with Gasteiger partial charge in [-0.25, -0.2) is 10.9 Å². The quantitative estimate of drug-likeness (QED) is 0.362. The minimum atomic E-state index is 0.0468. The number of nitrogens with zero attached hydrogens (tertiary/aromatic N) is 2. The summed E-state index contributed by atoms with van der Waals surface area (Å²) in [5.41, 5.74) is 8.31. The summed E-state index contributed by atoms with van der Waals surface area (Å²) < 4.78 is 0. The van der Waals surface area contributed by atoms with Crippen LogP contribution in [0.4, 0.5) is 0 Å². The topological polar surface area (TPSA) is 82.9 Å². The molecule has 0 spiro atoms. The molecule has 0 radical (unpaired) electrons. The van der Waals surface area contributed by atoms with Crippen molar-refractivity contribution in [2.45, 2.75) is 103 Å². The summed E-state index contributed by atoms with van der Waals surface area (Å²) in [6, 6.07) is 0. The summed E-state index contributed by atoms with van der Waals surface area (Å²) in [5.74, 6) is 6.32. The third-order valence-corrected chi connectivity index (χ3v) is 10.1. The van der Waals surface area contributed by atoms with Crippen LogP contribution in [0.3, 0.4) is 0 Å². The molecular weight excluding hydrogens is 424 g/mol. The molecule has 8 bridgehead atoms. The molecule has 6 heteroatoms. The molecule has 8 aliphatic rings. The number of rotatable bonds is 9. The fraction of sp³-hybridized carbons (Fsp3) is 0.857. The third-order valence-electron chi connectivity index (χ3n) is 10.1. The van der Waals surface area contributed by atoms with E-state index in [1.54, 1.807) is 0 Å².